The Bertz CT molecular complexity index is 2320. The second kappa shape index (κ2) is 5.75. The fraction of sp³-hybridized carbons (Fsp3) is 0. The monoisotopic (exact) mass is 450 g/mol. The SMILES string of the molecule is c1ccc2cc3cc4c(cc3cc2c1)c1ccc2ccc3ccc5ccc6ccc4c4c6c5c3c2c14. The summed E-state index contributed by atoms with van der Waals surface area (Å²) in [6.07, 6.45) is 0. The first-order valence-electron chi connectivity index (χ1n) is 12.7. The molecule has 0 saturated carbocycles. The van der Waals surface area contributed by atoms with Gasteiger partial charge < -0.3 is 0 Å². The topological polar surface area (TPSA) is 0 Å². The molecule has 0 amide bonds. The summed E-state index contributed by atoms with van der Waals surface area (Å²) >= 11 is 0. The Labute approximate surface area is 206 Å². The number of benzene rings is 10. The maximum Gasteiger partial charge on any atom is -0.000740 e. The highest BCUT2D eigenvalue weighted by Crippen LogP contribution is 2.50. The smallest absolute Gasteiger partial charge is 0.000740 e. The van der Waals surface area contributed by atoms with Crippen LogP contribution in [0, 0.1) is 0 Å². The average molecular weight is 451 g/mol. The van der Waals surface area contributed by atoms with Gasteiger partial charge in [-0.15, -0.1) is 0 Å². The number of hydrogen-bond acceptors (Lipinski definition) is 0. The number of hydrogen-bond donors (Lipinski definition) is 0. The van der Waals surface area contributed by atoms with Gasteiger partial charge in [-0.1, -0.05) is 84.9 Å². The molecule has 0 aliphatic carbocycles. The van der Waals surface area contributed by atoms with Crippen molar-refractivity contribution in [3.63, 3.8) is 0 Å². The lowest BCUT2D eigenvalue weighted by molar-refractivity contribution is 1.79. The molecule has 162 valence electrons. The molecule has 0 nitrogen and oxygen atoms in total. The van der Waals surface area contributed by atoms with E-state index in [0.717, 1.165) is 0 Å². The van der Waals surface area contributed by atoms with Crippen molar-refractivity contribution < 1.29 is 0 Å². The summed E-state index contributed by atoms with van der Waals surface area (Å²) in [5, 5.41) is 24.5. The van der Waals surface area contributed by atoms with Crippen molar-refractivity contribution in [1.29, 1.82) is 0 Å². The van der Waals surface area contributed by atoms with Gasteiger partial charge in [0.2, 0.25) is 0 Å². The summed E-state index contributed by atoms with van der Waals surface area (Å²) in [6, 6.07) is 41.5. The van der Waals surface area contributed by atoms with Crippen molar-refractivity contribution >= 4 is 97.0 Å². The summed E-state index contributed by atoms with van der Waals surface area (Å²) in [5.41, 5.74) is 0. The van der Waals surface area contributed by atoms with E-state index in [4.69, 9.17) is 0 Å². The molecule has 0 fully saturated rings. The van der Waals surface area contributed by atoms with Crippen LogP contribution in [0.5, 0.6) is 0 Å². The number of fused-ring (bicyclic) bond motifs is 5. The zero-order valence-electron chi connectivity index (χ0n) is 19.4. The Morgan fingerprint density at radius 2 is 0.583 bits per heavy atom. The van der Waals surface area contributed by atoms with Crippen molar-refractivity contribution in [2.24, 2.45) is 0 Å². The van der Waals surface area contributed by atoms with E-state index in [0.29, 0.717) is 0 Å². The van der Waals surface area contributed by atoms with Gasteiger partial charge in [0.25, 0.3) is 0 Å². The fourth-order valence-electron chi connectivity index (χ4n) is 7.27. The van der Waals surface area contributed by atoms with Gasteiger partial charge in [-0.2, -0.15) is 0 Å². The molecule has 0 unspecified atom stereocenters. The van der Waals surface area contributed by atoms with Crippen molar-refractivity contribution in [1.82, 2.24) is 0 Å². The average Bonchev–Trinajstić information content (AvgIpc) is 2.93. The molecule has 0 heteroatoms. The Hall–Kier alpha value is -4.68. The Morgan fingerprint density at radius 3 is 1.00 bits per heavy atom. The third-order valence-corrected chi connectivity index (χ3v) is 8.80. The minimum Gasteiger partial charge on any atom is -0.0616 e. The molecule has 0 aliphatic heterocycles. The molecule has 0 bridgehead atoms. The summed E-state index contributed by atoms with van der Waals surface area (Å²) in [5.74, 6) is 0. The zero-order valence-corrected chi connectivity index (χ0v) is 19.4. The van der Waals surface area contributed by atoms with Crippen LogP contribution < -0.4 is 0 Å². The van der Waals surface area contributed by atoms with Crippen molar-refractivity contribution in [3.05, 3.63) is 109 Å². The molecule has 0 heterocycles. The van der Waals surface area contributed by atoms with Crippen LogP contribution in [0.3, 0.4) is 0 Å². The minimum atomic E-state index is 1.30. The first-order chi connectivity index (χ1) is 17.8. The summed E-state index contributed by atoms with van der Waals surface area (Å²) < 4.78 is 0. The van der Waals surface area contributed by atoms with Gasteiger partial charge in [-0.3, -0.25) is 0 Å². The van der Waals surface area contributed by atoms with Crippen LogP contribution in [-0.4, -0.2) is 0 Å². The molecule has 10 aromatic rings. The lowest BCUT2D eigenvalue weighted by Crippen LogP contribution is -1.93. The van der Waals surface area contributed by atoms with E-state index in [-0.39, 0.29) is 0 Å². The van der Waals surface area contributed by atoms with Crippen LogP contribution in [0.15, 0.2) is 109 Å². The normalized spacial score (nSPS) is 13.0. The van der Waals surface area contributed by atoms with Gasteiger partial charge in [0.05, 0.1) is 0 Å². The third-order valence-electron chi connectivity index (χ3n) is 8.80. The summed E-state index contributed by atoms with van der Waals surface area (Å²) in [4.78, 5) is 0. The maximum atomic E-state index is 2.43. The quantitative estimate of drug-likeness (QED) is 0.159. The molecule has 10 rings (SSSR count). The molecule has 10 aromatic carbocycles. The lowest BCUT2D eigenvalue weighted by Gasteiger charge is -2.22. The van der Waals surface area contributed by atoms with Crippen molar-refractivity contribution in [2.45, 2.75) is 0 Å². The van der Waals surface area contributed by atoms with E-state index < -0.39 is 0 Å². The Kier molecular flexibility index (Phi) is 2.83. The molecular formula is C36H18. The van der Waals surface area contributed by atoms with E-state index in [2.05, 4.69) is 109 Å². The summed E-state index contributed by atoms with van der Waals surface area (Å²) in [6.45, 7) is 0. The third kappa shape index (κ3) is 1.90. The minimum absolute atomic E-state index is 1.30. The van der Waals surface area contributed by atoms with Crippen LogP contribution in [0.25, 0.3) is 97.0 Å². The summed E-state index contributed by atoms with van der Waals surface area (Å²) in [7, 11) is 0. The van der Waals surface area contributed by atoms with Gasteiger partial charge in [0.1, 0.15) is 0 Å². The van der Waals surface area contributed by atoms with E-state index in [9.17, 15) is 0 Å². The van der Waals surface area contributed by atoms with Gasteiger partial charge in [-0.05, 0) is 121 Å². The highest BCUT2D eigenvalue weighted by atomic mass is 14.2. The van der Waals surface area contributed by atoms with Crippen LogP contribution in [0.2, 0.25) is 0 Å². The fourth-order valence-corrected chi connectivity index (χ4v) is 7.27. The molecule has 0 aliphatic rings. The highest BCUT2D eigenvalue weighted by Gasteiger charge is 2.22. The Morgan fingerprint density at radius 1 is 0.222 bits per heavy atom. The van der Waals surface area contributed by atoms with E-state index in [1.165, 1.54) is 97.0 Å². The molecule has 0 aromatic heterocycles. The molecule has 0 atom stereocenters. The van der Waals surface area contributed by atoms with E-state index >= 15 is 0 Å². The van der Waals surface area contributed by atoms with Gasteiger partial charge in [0.15, 0.2) is 0 Å². The van der Waals surface area contributed by atoms with Gasteiger partial charge >= 0.3 is 0 Å². The molecule has 36 heavy (non-hydrogen) atoms. The molecule has 0 N–H and O–H groups in total. The van der Waals surface area contributed by atoms with Gasteiger partial charge in [-0.25, -0.2) is 0 Å². The van der Waals surface area contributed by atoms with Crippen LogP contribution in [0.1, 0.15) is 0 Å². The predicted molar refractivity (Wildman–Crippen MR) is 158 cm³/mol. The molecule has 0 radical (unpaired) electrons. The van der Waals surface area contributed by atoms with E-state index in [1.54, 1.807) is 0 Å². The largest absolute Gasteiger partial charge is 0.0616 e. The molecule has 0 spiro atoms. The van der Waals surface area contributed by atoms with Crippen molar-refractivity contribution in [2.75, 3.05) is 0 Å². The predicted octanol–water partition coefficient (Wildman–Crippen LogP) is 10.4. The van der Waals surface area contributed by atoms with Crippen LogP contribution >= 0.6 is 0 Å². The van der Waals surface area contributed by atoms with Crippen molar-refractivity contribution in [3.8, 4) is 0 Å². The second-order valence-electron chi connectivity index (χ2n) is 10.5. The Balaban J connectivity index is 1.58. The molecule has 0 saturated heterocycles. The van der Waals surface area contributed by atoms with E-state index in [1.807, 2.05) is 0 Å². The maximum absolute atomic E-state index is 2.43. The standard InChI is InChI=1S/C36H18/c1-2-4-24-16-26-18-30-28-14-12-22-10-8-20-6-5-19-7-9-21-11-13-27(29(30)17-25(26)15-23(24)3-1)35-33(21)31(19)32(20)34(22)36(28)35/h1-18H. The molecular weight excluding hydrogens is 432 g/mol. The highest BCUT2D eigenvalue weighted by molar-refractivity contribution is 6.48. The van der Waals surface area contributed by atoms with Gasteiger partial charge in [0, 0.05) is 0 Å². The number of rotatable bonds is 0. The zero-order chi connectivity index (χ0) is 23.1. The van der Waals surface area contributed by atoms with Crippen LogP contribution in [-0.2, 0) is 0 Å². The van der Waals surface area contributed by atoms with Crippen LogP contribution in [0.4, 0.5) is 0 Å². The lowest BCUT2D eigenvalue weighted by atomic mass is 9.81. The first-order valence-corrected chi connectivity index (χ1v) is 12.7. The second-order valence-corrected chi connectivity index (χ2v) is 10.5. The first kappa shape index (κ1) is 17.7.